The van der Waals surface area contributed by atoms with Crippen LogP contribution >= 0.6 is 0 Å². The van der Waals surface area contributed by atoms with Crippen LogP contribution in [0.25, 0.3) is 66.4 Å². The third kappa shape index (κ3) is 4.81. The zero-order valence-electron chi connectivity index (χ0n) is 31.9. The summed E-state index contributed by atoms with van der Waals surface area (Å²) < 4.78 is 6.45. The summed E-state index contributed by atoms with van der Waals surface area (Å²) in [6.45, 7) is 0. The normalized spacial score (nSPS) is 14.5. The first-order chi connectivity index (χ1) is 29.2. The van der Waals surface area contributed by atoms with E-state index in [4.69, 9.17) is 4.42 Å². The minimum atomic E-state index is -0.585. The van der Waals surface area contributed by atoms with Crippen LogP contribution in [0.15, 0.2) is 211 Å². The summed E-state index contributed by atoms with van der Waals surface area (Å²) in [5, 5.41) is 12.4. The fourth-order valence-corrected chi connectivity index (χ4v) is 9.98. The molecule has 0 aliphatic heterocycles. The summed E-state index contributed by atoms with van der Waals surface area (Å²) in [5.41, 5.74) is 19.2. The standard InChI is InChI=1S/C56H34N2O/c57-35-36-21-31-46-44-13-4-7-18-50(44)56(52(46)33-36)51-19-8-5-14-45(51)47-32-30-42(34-53(47)56)58(40-26-22-38(23-27-40)37-11-2-1-3-12-37)41-28-24-39(25-29-41)43-16-10-17-49-48-15-6-9-20-54(48)59-55(43)49/h1-34H. The van der Waals surface area contributed by atoms with Gasteiger partial charge in [-0.1, -0.05) is 152 Å². The number of benzene rings is 9. The van der Waals surface area contributed by atoms with Crippen molar-refractivity contribution < 1.29 is 4.42 Å². The van der Waals surface area contributed by atoms with Gasteiger partial charge in [-0.25, -0.2) is 0 Å². The first kappa shape index (κ1) is 33.2. The van der Waals surface area contributed by atoms with Crippen LogP contribution in [-0.4, -0.2) is 0 Å². The van der Waals surface area contributed by atoms with Gasteiger partial charge >= 0.3 is 0 Å². The Bertz CT molecular complexity index is 3320. The molecule has 9 aromatic carbocycles. The highest BCUT2D eigenvalue weighted by molar-refractivity contribution is 6.09. The molecule has 2 aliphatic rings. The molecule has 0 saturated carbocycles. The van der Waals surface area contributed by atoms with Gasteiger partial charge in [0.2, 0.25) is 0 Å². The lowest BCUT2D eigenvalue weighted by molar-refractivity contribution is 0.670. The van der Waals surface area contributed by atoms with Crippen LogP contribution in [-0.2, 0) is 5.41 Å². The Kier molecular flexibility index (Phi) is 7.21. The highest BCUT2D eigenvalue weighted by Gasteiger charge is 2.52. The Balaban J connectivity index is 1.06. The first-order valence-corrected chi connectivity index (χ1v) is 20.1. The van der Waals surface area contributed by atoms with Gasteiger partial charge in [-0.05, 0) is 116 Å². The third-order valence-corrected chi connectivity index (χ3v) is 12.5. The van der Waals surface area contributed by atoms with E-state index in [-0.39, 0.29) is 0 Å². The summed E-state index contributed by atoms with van der Waals surface area (Å²) >= 11 is 0. The molecule has 0 N–H and O–H groups in total. The van der Waals surface area contributed by atoms with E-state index in [0.717, 1.165) is 55.7 Å². The second-order valence-electron chi connectivity index (χ2n) is 15.5. The van der Waals surface area contributed by atoms with Crippen molar-refractivity contribution in [2.75, 3.05) is 4.90 Å². The maximum atomic E-state index is 10.2. The fraction of sp³-hybridized carbons (Fsp3) is 0.0179. The van der Waals surface area contributed by atoms with Gasteiger partial charge < -0.3 is 9.32 Å². The van der Waals surface area contributed by atoms with Crippen LogP contribution < -0.4 is 4.90 Å². The van der Waals surface area contributed by atoms with Crippen LogP contribution in [0.4, 0.5) is 17.1 Å². The molecule has 3 heteroatoms. The molecule has 1 atom stereocenters. The lowest BCUT2D eigenvalue weighted by atomic mass is 9.70. The number of nitrogens with zero attached hydrogens (tertiary/aromatic N) is 2. The molecule has 1 spiro atoms. The average molecular weight is 751 g/mol. The second kappa shape index (κ2) is 12.8. The maximum Gasteiger partial charge on any atom is 0.143 e. The van der Waals surface area contributed by atoms with Gasteiger partial charge in [0.1, 0.15) is 11.2 Å². The Morgan fingerprint density at radius 1 is 0.390 bits per heavy atom. The lowest BCUT2D eigenvalue weighted by Gasteiger charge is -2.32. The van der Waals surface area contributed by atoms with Gasteiger partial charge in [-0.15, -0.1) is 0 Å². The predicted molar refractivity (Wildman–Crippen MR) is 240 cm³/mol. The molecule has 1 unspecified atom stereocenters. The van der Waals surface area contributed by atoms with Crippen molar-refractivity contribution in [2.45, 2.75) is 5.41 Å². The van der Waals surface area contributed by atoms with Crippen molar-refractivity contribution in [1.29, 1.82) is 5.26 Å². The minimum absolute atomic E-state index is 0.585. The fourth-order valence-electron chi connectivity index (χ4n) is 9.98. The van der Waals surface area contributed by atoms with Crippen LogP contribution in [0, 0.1) is 11.3 Å². The molecular weight excluding hydrogens is 717 g/mol. The molecule has 0 radical (unpaired) electrons. The van der Waals surface area contributed by atoms with Crippen LogP contribution in [0.5, 0.6) is 0 Å². The SMILES string of the molecule is N#Cc1ccc2c(c1)C1(c3ccccc3-2)c2ccccc2-c2ccc(N(c3ccc(-c4ccccc4)cc3)c3ccc(-c4cccc5c4oc4ccccc45)cc3)cc21. The van der Waals surface area contributed by atoms with Crippen molar-refractivity contribution in [3.63, 3.8) is 0 Å². The molecule has 0 amide bonds. The van der Waals surface area contributed by atoms with E-state index in [1.807, 2.05) is 18.2 Å². The number of anilines is 3. The Labute approximate surface area is 342 Å². The molecule has 12 rings (SSSR count). The number of hydrogen-bond donors (Lipinski definition) is 0. The summed E-state index contributed by atoms with van der Waals surface area (Å²) in [6, 6.07) is 76.1. The Morgan fingerprint density at radius 2 is 0.915 bits per heavy atom. The Morgan fingerprint density at radius 3 is 1.63 bits per heavy atom. The summed E-state index contributed by atoms with van der Waals surface area (Å²) in [6.07, 6.45) is 0. The average Bonchev–Trinajstić information content (AvgIpc) is 3.94. The van der Waals surface area contributed by atoms with Crippen molar-refractivity contribution in [2.24, 2.45) is 0 Å². The predicted octanol–water partition coefficient (Wildman–Crippen LogP) is 14.6. The number of hydrogen-bond acceptors (Lipinski definition) is 3. The van der Waals surface area contributed by atoms with E-state index in [9.17, 15) is 5.26 Å². The zero-order valence-corrected chi connectivity index (χ0v) is 31.9. The number of fused-ring (bicyclic) bond motifs is 13. The van der Waals surface area contributed by atoms with Crippen LogP contribution in [0.2, 0.25) is 0 Å². The molecule has 3 nitrogen and oxygen atoms in total. The lowest BCUT2D eigenvalue weighted by Crippen LogP contribution is -2.26. The second-order valence-corrected chi connectivity index (χ2v) is 15.5. The quantitative estimate of drug-likeness (QED) is 0.176. The molecule has 0 saturated heterocycles. The molecule has 59 heavy (non-hydrogen) atoms. The van der Waals surface area contributed by atoms with Crippen molar-refractivity contribution >= 4 is 39.0 Å². The summed E-state index contributed by atoms with van der Waals surface area (Å²) in [4.78, 5) is 2.37. The first-order valence-electron chi connectivity index (χ1n) is 20.1. The summed E-state index contributed by atoms with van der Waals surface area (Å²) in [5.74, 6) is 0. The van der Waals surface area contributed by atoms with Gasteiger partial charge in [0.05, 0.1) is 17.0 Å². The number of para-hydroxylation sites is 2. The van der Waals surface area contributed by atoms with Gasteiger partial charge in [0.15, 0.2) is 0 Å². The largest absolute Gasteiger partial charge is 0.455 e. The van der Waals surface area contributed by atoms with Crippen LogP contribution in [0.3, 0.4) is 0 Å². The molecule has 0 bridgehead atoms. The maximum absolute atomic E-state index is 10.2. The highest BCUT2D eigenvalue weighted by Crippen LogP contribution is 2.63. The molecule has 274 valence electrons. The van der Waals surface area contributed by atoms with Gasteiger partial charge in [-0.2, -0.15) is 5.26 Å². The number of nitriles is 1. The Hall–Kier alpha value is -7.93. The molecule has 1 heterocycles. The topological polar surface area (TPSA) is 40.2 Å². The van der Waals surface area contributed by atoms with Crippen molar-refractivity contribution in [1.82, 2.24) is 0 Å². The van der Waals surface area contributed by atoms with Gasteiger partial charge in [0.25, 0.3) is 0 Å². The molecule has 2 aliphatic carbocycles. The highest BCUT2D eigenvalue weighted by atomic mass is 16.3. The van der Waals surface area contributed by atoms with Gasteiger partial charge in [-0.3, -0.25) is 0 Å². The molecular formula is C56H34N2O. The number of furan rings is 1. The van der Waals surface area contributed by atoms with E-state index >= 15 is 0 Å². The molecule has 0 fully saturated rings. The van der Waals surface area contributed by atoms with Crippen molar-refractivity contribution in [3.05, 3.63) is 234 Å². The van der Waals surface area contributed by atoms with E-state index < -0.39 is 5.41 Å². The zero-order chi connectivity index (χ0) is 39.1. The smallest absolute Gasteiger partial charge is 0.143 e. The minimum Gasteiger partial charge on any atom is -0.455 e. The van der Waals surface area contributed by atoms with Crippen molar-refractivity contribution in [3.8, 4) is 50.6 Å². The van der Waals surface area contributed by atoms with Crippen LogP contribution in [0.1, 0.15) is 27.8 Å². The number of rotatable bonds is 5. The van der Waals surface area contributed by atoms with Gasteiger partial charge in [0, 0.05) is 33.4 Å². The third-order valence-electron chi connectivity index (χ3n) is 12.5. The van der Waals surface area contributed by atoms with E-state index in [1.165, 1.54) is 50.1 Å². The summed E-state index contributed by atoms with van der Waals surface area (Å²) in [7, 11) is 0. The van der Waals surface area contributed by atoms with E-state index in [2.05, 4.69) is 199 Å². The van der Waals surface area contributed by atoms with E-state index in [1.54, 1.807) is 0 Å². The molecule has 10 aromatic rings. The van der Waals surface area contributed by atoms with E-state index in [0.29, 0.717) is 5.56 Å². The molecule has 1 aromatic heterocycles. The monoisotopic (exact) mass is 750 g/mol.